The first kappa shape index (κ1) is 20.8. The van der Waals surface area contributed by atoms with Gasteiger partial charge in [0.2, 0.25) is 15.9 Å². The van der Waals surface area contributed by atoms with E-state index in [-0.39, 0.29) is 23.9 Å². The molecule has 0 N–H and O–H groups in total. The SMILES string of the molecule is CCC(C(=O)N1CCN(S(=O)(=O)c2cn(CC)nc2C)CC1)n1cc(Cl)cn1. The lowest BCUT2D eigenvalue weighted by Gasteiger charge is -2.35. The number of aryl methyl sites for hydroxylation is 2. The fourth-order valence-electron chi connectivity index (χ4n) is 3.37. The molecular formula is C17H25ClN6O3S. The molecule has 1 fully saturated rings. The highest BCUT2D eigenvalue weighted by Crippen LogP contribution is 2.22. The molecule has 0 aliphatic carbocycles. The number of hydrogen-bond donors (Lipinski definition) is 0. The van der Waals surface area contributed by atoms with Gasteiger partial charge in [0.05, 0.1) is 16.9 Å². The molecule has 9 nitrogen and oxygen atoms in total. The van der Waals surface area contributed by atoms with Gasteiger partial charge in [0.15, 0.2) is 0 Å². The molecule has 11 heteroatoms. The van der Waals surface area contributed by atoms with Gasteiger partial charge in [-0.25, -0.2) is 8.42 Å². The summed E-state index contributed by atoms with van der Waals surface area (Å²) in [6.45, 7) is 7.29. The lowest BCUT2D eigenvalue weighted by Crippen LogP contribution is -2.52. The van der Waals surface area contributed by atoms with Crippen molar-refractivity contribution in [2.45, 2.75) is 44.7 Å². The van der Waals surface area contributed by atoms with Crippen molar-refractivity contribution in [2.24, 2.45) is 0 Å². The Labute approximate surface area is 169 Å². The maximum atomic E-state index is 13.0. The van der Waals surface area contributed by atoms with Crippen molar-refractivity contribution in [2.75, 3.05) is 26.2 Å². The molecule has 1 atom stereocenters. The molecule has 0 bridgehead atoms. The van der Waals surface area contributed by atoms with E-state index < -0.39 is 16.1 Å². The van der Waals surface area contributed by atoms with Crippen molar-refractivity contribution >= 4 is 27.5 Å². The Kier molecular flexibility index (Phi) is 6.11. The summed E-state index contributed by atoms with van der Waals surface area (Å²) in [6, 6.07) is -0.444. The maximum absolute atomic E-state index is 13.0. The number of carbonyl (C=O) groups is 1. The van der Waals surface area contributed by atoms with Crippen molar-refractivity contribution in [3.8, 4) is 0 Å². The molecule has 3 rings (SSSR count). The van der Waals surface area contributed by atoms with E-state index in [0.717, 1.165) is 0 Å². The standard InChI is InChI=1S/C17H25ClN6O3S/c1-4-15(24-11-14(18)10-19-24)17(25)21-6-8-23(9-7-21)28(26,27)16-12-22(5-2)20-13(16)3/h10-12,15H,4-9H2,1-3H3. The first-order valence-electron chi connectivity index (χ1n) is 9.30. The first-order chi connectivity index (χ1) is 13.3. The minimum atomic E-state index is -3.63. The average Bonchev–Trinajstić information content (AvgIpc) is 3.28. The zero-order valence-electron chi connectivity index (χ0n) is 16.2. The van der Waals surface area contributed by atoms with Crippen LogP contribution in [0.25, 0.3) is 0 Å². The zero-order chi connectivity index (χ0) is 20.5. The summed E-state index contributed by atoms with van der Waals surface area (Å²) >= 11 is 5.92. The van der Waals surface area contributed by atoms with E-state index >= 15 is 0 Å². The molecule has 0 saturated carbocycles. The van der Waals surface area contributed by atoms with Crippen LogP contribution in [0, 0.1) is 6.92 Å². The third kappa shape index (κ3) is 3.94. The summed E-state index contributed by atoms with van der Waals surface area (Å²) in [6.07, 6.45) is 5.27. The van der Waals surface area contributed by atoms with Crippen LogP contribution in [0.4, 0.5) is 0 Å². The summed E-state index contributed by atoms with van der Waals surface area (Å²) in [7, 11) is -3.63. The molecule has 0 aromatic carbocycles. The van der Waals surface area contributed by atoms with E-state index in [1.807, 2.05) is 13.8 Å². The summed E-state index contributed by atoms with van der Waals surface area (Å²) in [4.78, 5) is 14.8. The van der Waals surface area contributed by atoms with Gasteiger partial charge in [-0.15, -0.1) is 0 Å². The second-order valence-corrected chi connectivity index (χ2v) is 9.07. The lowest BCUT2D eigenvalue weighted by atomic mass is 10.2. The predicted molar refractivity (Wildman–Crippen MR) is 105 cm³/mol. The third-order valence-electron chi connectivity index (χ3n) is 4.95. The molecule has 2 aromatic heterocycles. The van der Waals surface area contributed by atoms with Gasteiger partial charge in [0.25, 0.3) is 0 Å². The summed E-state index contributed by atoms with van der Waals surface area (Å²) in [5.74, 6) is -0.0747. The van der Waals surface area contributed by atoms with Crippen LogP contribution in [0.5, 0.6) is 0 Å². The van der Waals surface area contributed by atoms with Crippen molar-refractivity contribution in [3.05, 3.63) is 29.3 Å². The maximum Gasteiger partial charge on any atom is 0.247 e. The highest BCUT2D eigenvalue weighted by atomic mass is 35.5. The molecule has 1 aliphatic rings. The van der Waals surface area contributed by atoms with Gasteiger partial charge in [-0.3, -0.25) is 14.2 Å². The van der Waals surface area contributed by atoms with Gasteiger partial charge in [-0.05, 0) is 20.3 Å². The van der Waals surface area contributed by atoms with Crippen LogP contribution in [0.3, 0.4) is 0 Å². The van der Waals surface area contributed by atoms with Gasteiger partial charge in [-0.1, -0.05) is 18.5 Å². The Morgan fingerprint density at radius 3 is 2.39 bits per heavy atom. The number of nitrogens with zero attached hydrogens (tertiary/aromatic N) is 6. The molecule has 1 aliphatic heterocycles. The summed E-state index contributed by atoms with van der Waals surface area (Å²) in [5.41, 5.74) is 0.488. The van der Waals surface area contributed by atoms with E-state index in [9.17, 15) is 13.2 Å². The molecule has 0 radical (unpaired) electrons. The van der Waals surface area contributed by atoms with Crippen molar-refractivity contribution < 1.29 is 13.2 Å². The van der Waals surface area contributed by atoms with Crippen molar-refractivity contribution in [1.82, 2.24) is 28.8 Å². The predicted octanol–water partition coefficient (Wildman–Crippen LogP) is 1.55. The highest BCUT2D eigenvalue weighted by Gasteiger charge is 2.34. The first-order valence-corrected chi connectivity index (χ1v) is 11.1. The minimum absolute atomic E-state index is 0.0747. The van der Waals surface area contributed by atoms with Gasteiger partial charge in [-0.2, -0.15) is 14.5 Å². The Bertz CT molecular complexity index is 946. The fraction of sp³-hybridized carbons (Fsp3) is 0.588. The Morgan fingerprint density at radius 1 is 1.21 bits per heavy atom. The van der Waals surface area contributed by atoms with Crippen LogP contribution in [-0.2, 0) is 21.4 Å². The van der Waals surface area contributed by atoms with E-state index in [1.54, 1.807) is 33.6 Å². The van der Waals surface area contributed by atoms with Crippen LogP contribution in [0.2, 0.25) is 5.02 Å². The van der Waals surface area contributed by atoms with Gasteiger partial charge in [0, 0.05) is 45.1 Å². The molecule has 1 saturated heterocycles. The molecule has 28 heavy (non-hydrogen) atoms. The third-order valence-corrected chi connectivity index (χ3v) is 7.15. The van der Waals surface area contributed by atoms with Gasteiger partial charge in [0.1, 0.15) is 10.9 Å². The van der Waals surface area contributed by atoms with Gasteiger partial charge >= 0.3 is 0 Å². The van der Waals surface area contributed by atoms with Crippen LogP contribution in [-0.4, -0.2) is 69.3 Å². The number of sulfonamides is 1. The van der Waals surface area contributed by atoms with Crippen molar-refractivity contribution in [3.63, 3.8) is 0 Å². The number of carbonyl (C=O) groups excluding carboxylic acids is 1. The van der Waals surface area contributed by atoms with Crippen LogP contribution < -0.4 is 0 Å². The molecular weight excluding hydrogens is 404 g/mol. The van der Waals surface area contributed by atoms with Gasteiger partial charge < -0.3 is 4.90 Å². The summed E-state index contributed by atoms with van der Waals surface area (Å²) < 4.78 is 30.5. The Hall–Kier alpha value is -1.91. The minimum Gasteiger partial charge on any atom is -0.338 e. The van der Waals surface area contributed by atoms with Crippen LogP contribution in [0.1, 0.15) is 32.0 Å². The molecule has 3 heterocycles. The largest absolute Gasteiger partial charge is 0.338 e. The molecule has 0 spiro atoms. The number of hydrogen-bond acceptors (Lipinski definition) is 5. The van der Waals surface area contributed by atoms with Crippen molar-refractivity contribution in [1.29, 1.82) is 0 Å². The monoisotopic (exact) mass is 428 g/mol. The normalized spacial score (nSPS) is 17.1. The Balaban J connectivity index is 1.69. The number of rotatable bonds is 6. The molecule has 1 amide bonds. The average molecular weight is 429 g/mol. The smallest absolute Gasteiger partial charge is 0.247 e. The lowest BCUT2D eigenvalue weighted by molar-refractivity contribution is -0.136. The number of piperazine rings is 1. The van der Waals surface area contributed by atoms with E-state index in [0.29, 0.717) is 36.8 Å². The fourth-order valence-corrected chi connectivity index (χ4v) is 5.11. The molecule has 154 valence electrons. The van der Waals surface area contributed by atoms with E-state index in [2.05, 4.69) is 10.2 Å². The number of halogens is 1. The van der Waals surface area contributed by atoms with E-state index in [4.69, 9.17) is 11.6 Å². The van der Waals surface area contributed by atoms with Crippen LogP contribution >= 0.6 is 11.6 Å². The molecule has 1 unspecified atom stereocenters. The Morgan fingerprint density at radius 2 is 1.89 bits per heavy atom. The number of amides is 1. The van der Waals surface area contributed by atoms with Crippen LogP contribution in [0.15, 0.2) is 23.5 Å². The molecule has 2 aromatic rings. The topological polar surface area (TPSA) is 93.3 Å². The number of aromatic nitrogens is 4. The quantitative estimate of drug-likeness (QED) is 0.695. The van der Waals surface area contributed by atoms with E-state index in [1.165, 1.54) is 10.5 Å². The summed E-state index contributed by atoms with van der Waals surface area (Å²) in [5, 5.41) is 8.84. The second kappa shape index (κ2) is 8.22. The highest BCUT2D eigenvalue weighted by molar-refractivity contribution is 7.89. The zero-order valence-corrected chi connectivity index (χ0v) is 17.8. The second-order valence-electron chi connectivity index (χ2n) is 6.73.